The van der Waals surface area contributed by atoms with E-state index >= 15 is 0 Å². The van der Waals surface area contributed by atoms with Crippen molar-refractivity contribution < 1.29 is 0 Å². The maximum Gasteiger partial charge on any atom is 0.129 e. The number of rotatable bonds is 6. The molecule has 1 saturated heterocycles. The van der Waals surface area contributed by atoms with Crippen molar-refractivity contribution in [3.8, 4) is 0 Å². The third-order valence-electron chi connectivity index (χ3n) is 5.87. The smallest absolute Gasteiger partial charge is 0.129 e. The number of hydrogen-bond donors (Lipinski definition) is 2. The standard InChI is InChI=1S/C21H29N5/c22-19-12-18(13-19)20-14-21(25-15-24-20)23-8-11-26-9-6-17(7-10-26)16-4-2-1-3-5-16/h1-5,14-15,17-19H,6-13,22H2,(H,23,24,25). The minimum atomic E-state index is 0.352. The molecule has 1 aromatic heterocycles. The molecule has 2 aromatic rings. The molecule has 2 aliphatic rings. The highest BCUT2D eigenvalue weighted by molar-refractivity contribution is 5.36. The van der Waals surface area contributed by atoms with E-state index in [1.165, 1.54) is 31.5 Å². The predicted octanol–water partition coefficient (Wildman–Crippen LogP) is 2.97. The number of nitrogens with two attached hydrogens (primary N) is 1. The minimum Gasteiger partial charge on any atom is -0.369 e. The van der Waals surface area contributed by atoms with Crippen molar-refractivity contribution in [2.24, 2.45) is 5.73 Å². The summed E-state index contributed by atoms with van der Waals surface area (Å²) in [5.41, 5.74) is 8.52. The van der Waals surface area contributed by atoms with Crippen LogP contribution >= 0.6 is 0 Å². The highest BCUT2D eigenvalue weighted by Crippen LogP contribution is 2.34. The monoisotopic (exact) mass is 351 g/mol. The average molecular weight is 351 g/mol. The Labute approximate surface area is 156 Å². The van der Waals surface area contributed by atoms with Gasteiger partial charge in [0.05, 0.1) is 0 Å². The first-order valence-corrected chi connectivity index (χ1v) is 9.86. The first-order chi connectivity index (χ1) is 12.8. The van der Waals surface area contributed by atoms with Crippen LogP contribution in [0.4, 0.5) is 5.82 Å². The van der Waals surface area contributed by atoms with E-state index in [-0.39, 0.29) is 0 Å². The molecule has 138 valence electrons. The number of anilines is 1. The third kappa shape index (κ3) is 4.22. The number of likely N-dealkylation sites (tertiary alicyclic amines) is 1. The molecule has 2 fully saturated rings. The summed E-state index contributed by atoms with van der Waals surface area (Å²) in [5, 5.41) is 3.47. The summed E-state index contributed by atoms with van der Waals surface area (Å²) in [6.07, 6.45) is 6.28. The zero-order chi connectivity index (χ0) is 17.8. The molecule has 0 unspecified atom stereocenters. The lowest BCUT2D eigenvalue weighted by molar-refractivity contribution is 0.219. The molecule has 1 aromatic carbocycles. The molecule has 1 aliphatic carbocycles. The van der Waals surface area contributed by atoms with Gasteiger partial charge in [-0.3, -0.25) is 0 Å². The molecule has 0 atom stereocenters. The maximum atomic E-state index is 5.89. The second-order valence-corrected chi connectivity index (χ2v) is 7.71. The Morgan fingerprint density at radius 2 is 1.81 bits per heavy atom. The SMILES string of the molecule is NC1CC(c2cc(NCCN3CCC(c4ccccc4)CC3)ncn2)C1. The molecule has 3 N–H and O–H groups in total. The van der Waals surface area contributed by atoms with Crippen LogP contribution in [0.5, 0.6) is 0 Å². The van der Waals surface area contributed by atoms with Crippen LogP contribution in [0.3, 0.4) is 0 Å². The van der Waals surface area contributed by atoms with E-state index in [4.69, 9.17) is 5.73 Å². The quantitative estimate of drug-likeness (QED) is 0.837. The topological polar surface area (TPSA) is 67.1 Å². The van der Waals surface area contributed by atoms with E-state index in [2.05, 4.69) is 56.6 Å². The third-order valence-corrected chi connectivity index (χ3v) is 5.87. The van der Waals surface area contributed by atoms with Gasteiger partial charge in [0.25, 0.3) is 0 Å². The summed E-state index contributed by atoms with van der Waals surface area (Å²) in [7, 11) is 0. The lowest BCUT2D eigenvalue weighted by Gasteiger charge is -2.32. The van der Waals surface area contributed by atoms with Gasteiger partial charge in [-0.05, 0) is 50.3 Å². The molecule has 0 radical (unpaired) electrons. The van der Waals surface area contributed by atoms with E-state index < -0.39 is 0 Å². The fourth-order valence-corrected chi connectivity index (χ4v) is 4.15. The van der Waals surface area contributed by atoms with Gasteiger partial charge in [0.1, 0.15) is 12.1 Å². The van der Waals surface area contributed by atoms with E-state index in [0.29, 0.717) is 12.0 Å². The fourth-order valence-electron chi connectivity index (χ4n) is 4.15. The Kier molecular flexibility index (Phi) is 5.46. The van der Waals surface area contributed by atoms with E-state index in [9.17, 15) is 0 Å². The summed E-state index contributed by atoms with van der Waals surface area (Å²) < 4.78 is 0. The van der Waals surface area contributed by atoms with Crippen molar-refractivity contribution in [1.82, 2.24) is 14.9 Å². The number of nitrogens with one attached hydrogen (secondary N) is 1. The van der Waals surface area contributed by atoms with Crippen molar-refractivity contribution in [1.29, 1.82) is 0 Å². The summed E-state index contributed by atoms with van der Waals surface area (Å²) in [5.74, 6) is 2.18. The van der Waals surface area contributed by atoms with Gasteiger partial charge >= 0.3 is 0 Å². The van der Waals surface area contributed by atoms with Crippen molar-refractivity contribution >= 4 is 5.82 Å². The van der Waals surface area contributed by atoms with Crippen LogP contribution in [-0.4, -0.2) is 47.1 Å². The highest BCUT2D eigenvalue weighted by Gasteiger charge is 2.28. The van der Waals surface area contributed by atoms with Crippen LogP contribution in [0.2, 0.25) is 0 Å². The van der Waals surface area contributed by atoms with Gasteiger partial charge < -0.3 is 16.0 Å². The lowest BCUT2D eigenvalue weighted by Crippen LogP contribution is -2.36. The summed E-state index contributed by atoms with van der Waals surface area (Å²) >= 11 is 0. The van der Waals surface area contributed by atoms with Crippen LogP contribution in [0.25, 0.3) is 0 Å². The molecule has 0 bridgehead atoms. The Morgan fingerprint density at radius 1 is 1.04 bits per heavy atom. The van der Waals surface area contributed by atoms with E-state index in [1.54, 1.807) is 6.33 Å². The van der Waals surface area contributed by atoms with Gasteiger partial charge in [-0.2, -0.15) is 0 Å². The number of aromatic nitrogens is 2. The normalized spacial score (nSPS) is 24.2. The van der Waals surface area contributed by atoms with Crippen LogP contribution in [0.1, 0.15) is 48.8 Å². The molecular formula is C21H29N5. The lowest BCUT2D eigenvalue weighted by atomic mass is 9.79. The summed E-state index contributed by atoms with van der Waals surface area (Å²) in [6, 6.07) is 13.4. The molecule has 5 nitrogen and oxygen atoms in total. The first kappa shape index (κ1) is 17.4. The molecule has 4 rings (SSSR count). The predicted molar refractivity (Wildman–Crippen MR) is 105 cm³/mol. The second-order valence-electron chi connectivity index (χ2n) is 7.71. The maximum absolute atomic E-state index is 5.89. The van der Waals surface area contributed by atoms with Crippen LogP contribution < -0.4 is 11.1 Å². The van der Waals surface area contributed by atoms with Crippen LogP contribution in [-0.2, 0) is 0 Å². The fraction of sp³-hybridized carbons (Fsp3) is 0.524. The highest BCUT2D eigenvalue weighted by atomic mass is 15.1. The van der Waals surface area contributed by atoms with Crippen molar-refractivity contribution in [2.75, 3.05) is 31.5 Å². The Bertz CT molecular complexity index is 691. The second kappa shape index (κ2) is 8.14. The minimum absolute atomic E-state index is 0.352. The largest absolute Gasteiger partial charge is 0.369 e. The van der Waals surface area contributed by atoms with Crippen LogP contribution in [0.15, 0.2) is 42.7 Å². The van der Waals surface area contributed by atoms with E-state index in [1.807, 2.05) is 0 Å². The zero-order valence-corrected chi connectivity index (χ0v) is 15.3. The van der Waals surface area contributed by atoms with Crippen molar-refractivity contribution in [2.45, 2.75) is 43.6 Å². The molecule has 5 heteroatoms. The van der Waals surface area contributed by atoms with E-state index in [0.717, 1.165) is 43.4 Å². The Balaban J connectivity index is 1.20. The number of benzene rings is 1. The van der Waals surface area contributed by atoms with Crippen LogP contribution in [0, 0.1) is 0 Å². The molecule has 0 amide bonds. The van der Waals surface area contributed by atoms with Crippen molar-refractivity contribution in [3.63, 3.8) is 0 Å². The molecule has 1 saturated carbocycles. The number of nitrogens with zero attached hydrogens (tertiary/aromatic N) is 3. The summed E-state index contributed by atoms with van der Waals surface area (Å²) in [4.78, 5) is 11.3. The zero-order valence-electron chi connectivity index (χ0n) is 15.3. The van der Waals surface area contributed by atoms with Gasteiger partial charge in [-0.15, -0.1) is 0 Å². The Hall–Kier alpha value is -1.98. The number of piperidine rings is 1. The van der Waals surface area contributed by atoms with Crippen molar-refractivity contribution in [3.05, 3.63) is 54.0 Å². The Morgan fingerprint density at radius 3 is 2.54 bits per heavy atom. The molecule has 2 heterocycles. The van der Waals surface area contributed by atoms with Gasteiger partial charge in [0.2, 0.25) is 0 Å². The molecular weight excluding hydrogens is 322 g/mol. The van der Waals surface area contributed by atoms with Gasteiger partial charge in [-0.25, -0.2) is 9.97 Å². The average Bonchev–Trinajstić information content (AvgIpc) is 2.67. The van der Waals surface area contributed by atoms with Gasteiger partial charge in [-0.1, -0.05) is 30.3 Å². The first-order valence-electron chi connectivity index (χ1n) is 9.86. The molecule has 26 heavy (non-hydrogen) atoms. The van der Waals surface area contributed by atoms with Gasteiger partial charge in [0.15, 0.2) is 0 Å². The molecule has 1 aliphatic heterocycles. The molecule has 0 spiro atoms. The summed E-state index contributed by atoms with van der Waals surface area (Å²) in [6.45, 7) is 4.35. The number of hydrogen-bond acceptors (Lipinski definition) is 5. The van der Waals surface area contributed by atoms with Gasteiger partial charge in [0, 0.05) is 36.8 Å².